The normalized spacial score (nSPS) is 10.8. The van der Waals surface area contributed by atoms with Crippen LogP contribution in [0.15, 0.2) is 58.0 Å². The first-order valence-electron chi connectivity index (χ1n) is 10.8. The molecule has 0 saturated carbocycles. The SMILES string of the molecule is Cc1nc(OCc2ccc(F)cc2CNC(=O)OCc2ccsc2)c(Cl)c(=O)n1-c1c(F)cccc1F. The Morgan fingerprint density at radius 1 is 1.11 bits per heavy atom. The summed E-state index contributed by atoms with van der Waals surface area (Å²) in [6.07, 6.45) is -0.688. The van der Waals surface area contributed by atoms with Crippen LogP contribution in [-0.4, -0.2) is 15.6 Å². The van der Waals surface area contributed by atoms with Crippen LogP contribution in [0.5, 0.6) is 5.88 Å². The van der Waals surface area contributed by atoms with Gasteiger partial charge in [-0.15, -0.1) is 0 Å². The van der Waals surface area contributed by atoms with Crippen LogP contribution in [0, 0.1) is 24.4 Å². The minimum atomic E-state index is -0.964. The van der Waals surface area contributed by atoms with Gasteiger partial charge in [0.2, 0.25) is 5.88 Å². The van der Waals surface area contributed by atoms with E-state index in [0.717, 1.165) is 22.3 Å². The zero-order valence-electron chi connectivity index (χ0n) is 19.3. The lowest BCUT2D eigenvalue weighted by molar-refractivity contribution is 0.139. The van der Waals surface area contributed by atoms with Crippen molar-refractivity contribution in [3.8, 4) is 11.6 Å². The molecule has 7 nitrogen and oxygen atoms in total. The van der Waals surface area contributed by atoms with Gasteiger partial charge in [-0.3, -0.25) is 9.36 Å². The van der Waals surface area contributed by atoms with Crippen LogP contribution >= 0.6 is 22.9 Å². The van der Waals surface area contributed by atoms with Gasteiger partial charge >= 0.3 is 6.09 Å². The third-order valence-corrected chi connectivity index (χ3v) is 6.29. The van der Waals surface area contributed by atoms with Gasteiger partial charge in [0.1, 0.15) is 42.2 Å². The number of benzene rings is 2. The molecular formula is C25H19ClF3N3O4S. The molecule has 12 heteroatoms. The number of aromatic nitrogens is 2. The molecule has 1 N–H and O–H groups in total. The zero-order valence-corrected chi connectivity index (χ0v) is 20.8. The highest BCUT2D eigenvalue weighted by Crippen LogP contribution is 2.24. The number of thiophene rings is 1. The second-order valence-corrected chi connectivity index (χ2v) is 8.91. The predicted molar refractivity (Wildman–Crippen MR) is 132 cm³/mol. The molecule has 0 unspecified atom stereocenters. The van der Waals surface area contributed by atoms with E-state index in [1.54, 1.807) is 0 Å². The first kappa shape index (κ1) is 26.2. The number of rotatable bonds is 8. The molecule has 0 aliphatic carbocycles. The molecule has 2 heterocycles. The van der Waals surface area contributed by atoms with Gasteiger partial charge in [0.05, 0.1) is 0 Å². The Balaban J connectivity index is 1.49. The lowest BCUT2D eigenvalue weighted by Gasteiger charge is -2.15. The van der Waals surface area contributed by atoms with Crippen molar-refractivity contribution in [3.05, 3.63) is 109 Å². The molecule has 0 spiro atoms. The third kappa shape index (κ3) is 6.12. The fraction of sp³-hybridized carbons (Fsp3) is 0.160. The summed E-state index contributed by atoms with van der Waals surface area (Å²) in [6.45, 7) is 1.21. The van der Waals surface area contributed by atoms with Crippen LogP contribution < -0.4 is 15.6 Å². The Morgan fingerprint density at radius 2 is 1.86 bits per heavy atom. The number of halogens is 4. The van der Waals surface area contributed by atoms with E-state index in [0.29, 0.717) is 11.1 Å². The topological polar surface area (TPSA) is 82.5 Å². The molecule has 0 aliphatic heterocycles. The maximum atomic E-state index is 14.3. The van der Waals surface area contributed by atoms with E-state index in [1.807, 2.05) is 16.8 Å². The van der Waals surface area contributed by atoms with Crippen molar-refractivity contribution in [1.29, 1.82) is 0 Å². The Hall–Kier alpha value is -3.83. The van der Waals surface area contributed by atoms with Crippen molar-refractivity contribution in [2.45, 2.75) is 26.7 Å². The van der Waals surface area contributed by atoms with Crippen LogP contribution in [-0.2, 0) is 24.5 Å². The number of aryl methyl sites for hydroxylation is 1. The maximum Gasteiger partial charge on any atom is 0.407 e. The van der Waals surface area contributed by atoms with E-state index in [4.69, 9.17) is 21.1 Å². The van der Waals surface area contributed by atoms with E-state index in [-0.39, 0.29) is 31.5 Å². The van der Waals surface area contributed by atoms with Gasteiger partial charge in [-0.1, -0.05) is 23.7 Å². The number of carbonyl (C=O) groups is 1. The molecule has 37 heavy (non-hydrogen) atoms. The van der Waals surface area contributed by atoms with Crippen molar-refractivity contribution in [1.82, 2.24) is 14.9 Å². The molecule has 0 fully saturated rings. The van der Waals surface area contributed by atoms with Crippen molar-refractivity contribution in [3.63, 3.8) is 0 Å². The van der Waals surface area contributed by atoms with Gasteiger partial charge in [0.15, 0.2) is 5.02 Å². The minimum absolute atomic E-state index is 0.0622. The van der Waals surface area contributed by atoms with Crippen LogP contribution in [0.25, 0.3) is 5.69 Å². The first-order valence-corrected chi connectivity index (χ1v) is 12.1. The lowest BCUT2D eigenvalue weighted by Crippen LogP contribution is -2.25. The fourth-order valence-electron chi connectivity index (χ4n) is 3.43. The summed E-state index contributed by atoms with van der Waals surface area (Å²) in [5, 5.41) is 5.76. The molecular weight excluding hydrogens is 531 g/mol. The number of hydrogen-bond donors (Lipinski definition) is 1. The summed E-state index contributed by atoms with van der Waals surface area (Å²) in [5.41, 5.74) is 0.173. The number of alkyl carbamates (subject to hydrolysis) is 1. The van der Waals surface area contributed by atoms with Crippen LogP contribution in [0.1, 0.15) is 22.5 Å². The second-order valence-electron chi connectivity index (χ2n) is 7.75. The van der Waals surface area contributed by atoms with Crippen molar-refractivity contribution >= 4 is 29.0 Å². The van der Waals surface area contributed by atoms with Crippen molar-refractivity contribution in [2.24, 2.45) is 0 Å². The Kier molecular flexibility index (Phi) is 8.14. The number of carbonyl (C=O) groups excluding carboxylic acids is 1. The number of hydrogen-bond acceptors (Lipinski definition) is 6. The average molecular weight is 550 g/mol. The molecule has 0 saturated heterocycles. The van der Waals surface area contributed by atoms with E-state index >= 15 is 0 Å². The van der Waals surface area contributed by atoms with Gasteiger partial charge in [-0.2, -0.15) is 16.3 Å². The Bertz CT molecular complexity index is 1480. The summed E-state index contributed by atoms with van der Waals surface area (Å²) in [6, 6.07) is 8.87. The van der Waals surface area contributed by atoms with E-state index in [9.17, 15) is 22.8 Å². The number of para-hydroxylation sites is 1. The summed E-state index contributed by atoms with van der Waals surface area (Å²) >= 11 is 7.61. The molecule has 0 bridgehead atoms. The molecule has 4 aromatic rings. The van der Waals surface area contributed by atoms with Crippen molar-refractivity contribution in [2.75, 3.05) is 0 Å². The smallest absolute Gasteiger partial charge is 0.407 e. The minimum Gasteiger partial charge on any atom is -0.472 e. The Morgan fingerprint density at radius 3 is 2.57 bits per heavy atom. The van der Waals surface area contributed by atoms with E-state index in [1.165, 1.54) is 42.5 Å². The predicted octanol–water partition coefficient (Wildman–Crippen LogP) is 5.68. The van der Waals surface area contributed by atoms with Gasteiger partial charge in [0.25, 0.3) is 5.56 Å². The summed E-state index contributed by atoms with van der Waals surface area (Å²) in [5.74, 6) is -2.80. The summed E-state index contributed by atoms with van der Waals surface area (Å²) in [4.78, 5) is 29.0. The molecule has 0 atom stereocenters. The summed E-state index contributed by atoms with van der Waals surface area (Å²) in [7, 11) is 0. The number of nitrogens with one attached hydrogen (secondary N) is 1. The quantitative estimate of drug-likeness (QED) is 0.306. The van der Waals surface area contributed by atoms with Crippen LogP contribution in [0.4, 0.5) is 18.0 Å². The molecule has 1 amide bonds. The molecule has 0 radical (unpaired) electrons. The van der Waals surface area contributed by atoms with E-state index < -0.39 is 39.8 Å². The van der Waals surface area contributed by atoms with Gasteiger partial charge < -0.3 is 14.8 Å². The zero-order chi connectivity index (χ0) is 26.5. The second kappa shape index (κ2) is 11.5. The molecule has 2 aromatic heterocycles. The molecule has 192 valence electrons. The van der Waals surface area contributed by atoms with Crippen molar-refractivity contribution < 1.29 is 27.4 Å². The monoisotopic (exact) mass is 549 g/mol. The average Bonchev–Trinajstić information content (AvgIpc) is 3.39. The number of ether oxygens (including phenoxy) is 2. The standard InChI is InChI=1S/C25H19ClF3N3O4S/c1-14-31-23(21(26)24(33)32(14)22-19(28)3-2-4-20(22)29)35-12-16-5-6-18(27)9-17(16)10-30-25(34)36-11-15-7-8-37-13-15/h2-9,13H,10-12H2,1H3,(H,30,34). The maximum absolute atomic E-state index is 14.3. The fourth-order valence-corrected chi connectivity index (χ4v) is 4.27. The first-order chi connectivity index (χ1) is 17.7. The van der Waals surface area contributed by atoms with Gasteiger partial charge in [-0.05, 0) is 59.1 Å². The lowest BCUT2D eigenvalue weighted by atomic mass is 10.1. The molecule has 2 aromatic carbocycles. The highest BCUT2D eigenvalue weighted by Gasteiger charge is 2.21. The van der Waals surface area contributed by atoms with Gasteiger partial charge in [-0.25, -0.2) is 18.0 Å². The number of nitrogens with zero attached hydrogens (tertiary/aromatic N) is 2. The largest absolute Gasteiger partial charge is 0.472 e. The summed E-state index contributed by atoms with van der Waals surface area (Å²) < 4.78 is 53.8. The molecule has 4 rings (SSSR count). The Labute approximate surface area is 218 Å². The third-order valence-electron chi connectivity index (χ3n) is 5.23. The number of amides is 1. The van der Waals surface area contributed by atoms with E-state index in [2.05, 4.69) is 10.3 Å². The molecule has 0 aliphatic rings. The van der Waals surface area contributed by atoms with Crippen LogP contribution in [0.2, 0.25) is 5.02 Å². The van der Waals surface area contributed by atoms with Gasteiger partial charge in [0, 0.05) is 12.1 Å². The highest BCUT2D eigenvalue weighted by atomic mass is 35.5. The highest BCUT2D eigenvalue weighted by molar-refractivity contribution is 7.07. The van der Waals surface area contributed by atoms with Crippen LogP contribution in [0.3, 0.4) is 0 Å².